The van der Waals surface area contributed by atoms with E-state index in [0.29, 0.717) is 18.0 Å². The molecule has 0 saturated heterocycles. The number of rotatable bonds is 7. The highest BCUT2D eigenvalue weighted by Crippen LogP contribution is 2.19. The molecule has 0 aliphatic carbocycles. The standard InChI is InChI=1S/C22H23N3O2/c1-3-27-20-12-9-18(10-13-20)25-22(26)21-14-11-19(15-23-21)24-16(2)17-7-5-4-6-8-17/h4-16,24H,3H2,1-2H3,(H,25,26). The molecule has 3 rings (SSSR count). The lowest BCUT2D eigenvalue weighted by molar-refractivity contribution is 0.102. The number of pyridine rings is 1. The van der Waals surface area contributed by atoms with Crippen molar-refractivity contribution in [2.24, 2.45) is 0 Å². The van der Waals surface area contributed by atoms with Gasteiger partial charge in [0, 0.05) is 11.7 Å². The normalized spacial score (nSPS) is 11.5. The summed E-state index contributed by atoms with van der Waals surface area (Å²) in [4.78, 5) is 16.6. The first-order chi connectivity index (χ1) is 13.2. The number of benzene rings is 2. The maximum Gasteiger partial charge on any atom is 0.274 e. The van der Waals surface area contributed by atoms with E-state index in [1.165, 1.54) is 5.56 Å². The molecule has 27 heavy (non-hydrogen) atoms. The van der Waals surface area contributed by atoms with Gasteiger partial charge in [0.25, 0.3) is 5.91 Å². The molecular formula is C22H23N3O2. The Morgan fingerprint density at radius 3 is 2.33 bits per heavy atom. The van der Waals surface area contributed by atoms with Crippen LogP contribution in [0.25, 0.3) is 0 Å². The maximum atomic E-state index is 12.4. The SMILES string of the molecule is CCOc1ccc(NC(=O)c2ccc(NC(C)c3ccccc3)cn2)cc1. The molecule has 0 bridgehead atoms. The monoisotopic (exact) mass is 361 g/mol. The third-order valence-corrected chi connectivity index (χ3v) is 4.10. The van der Waals surface area contributed by atoms with Crippen molar-refractivity contribution in [3.05, 3.63) is 84.2 Å². The zero-order chi connectivity index (χ0) is 19.1. The Hall–Kier alpha value is -3.34. The molecule has 1 atom stereocenters. The van der Waals surface area contributed by atoms with Crippen LogP contribution in [0.15, 0.2) is 72.9 Å². The molecule has 0 aliphatic heterocycles. The van der Waals surface area contributed by atoms with E-state index in [2.05, 4.69) is 34.7 Å². The van der Waals surface area contributed by atoms with E-state index in [1.807, 2.05) is 43.3 Å². The predicted octanol–water partition coefficient (Wildman–Crippen LogP) is 4.91. The van der Waals surface area contributed by atoms with Crippen LogP contribution in [0, 0.1) is 0 Å². The predicted molar refractivity (Wildman–Crippen MR) is 108 cm³/mol. The summed E-state index contributed by atoms with van der Waals surface area (Å²) in [5.74, 6) is 0.526. The van der Waals surface area contributed by atoms with Crippen LogP contribution in [0.3, 0.4) is 0 Å². The van der Waals surface area contributed by atoms with Crippen LogP contribution in [0.5, 0.6) is 5.75 Å². The van der Waals surface area contributed by atoms with E-state index in [4.69, 9.17) is 4.74 Å². The molecule has 2 aromatic carbocycles. The molecule has 5 nitrogen and oxygen atoms in total. The van der Waals surface area contributed by atoms with Crippen LogP contribution >= 0.6 is 0 Å². The minimum atomic E-state index is -0.248. The Balaban J connectivity index is 1.60. The van der Waals surface area contributed by atoms with Crippen LogP contribution in [-0.2, 0) is 0 Å². The Bertz CT molecular complexity index is 862. The first kappa shape index (κ1) is 18.5. The maximum absolute atomic E-state index is 12.4. The van der Waals surface area contributed by atoms with Gasteiger partial charge in [-0.15, -0.1) is 0 Å². The molecule has 0 saturated carbocycles. The van der Waals surface area contributed by atoms with Gasteiger partial charge >= 0.3 is 0 Å². The molecule has 3 aromatic rings. The highest BCUT2D eigenvalue weighted by atomic mass is 16.5. The minimum Gasteiger partial charge on any atom is -0.494 e. The first-order valence-electron chi connectivity index (χ1n) is 8.97. The molecule has 1 heterocycles. The molecule has 2 N–H and O–H groups in total. The van der Waals surface area contributed by atoms with Crippen molar-refractivity contribution in [2.45, 2.75) is 19.9 Å². The van der Waals surface area contributed by atoms with E-state index in [-0.39, 0.29) is 11.9 Å². The molecule has 0 fully saturated rings. The van der Waals surface area contributed by atoms with Crippen LogP contribution in [-0.4, -0.2) is 17.5 Å². The fraction of sp³-hybridized carbons (Fsp3) is 0.182. The van der Waals surface area contributed by atoms with Crippen molar-refractivity contribution in [2.75, 3.05) is 17.2 Å². The number of anilines is 2. The summed E-state index contributed by atoms with van der Waals surface area (Å²) in [7, 11) is 0. The van der Waals surface area contributed by atoms with E-state index in [1.54, 1.807) is 24.4 Å². The number of ether oxygens (including phenoxy) is 1. The Morgan fingerprint density at radius 2 is 1.70 bits per heavy atom. The van der Waals surface area contributed by atoms with Crippen molar-refractivity contribution < 1.29 is 9.53 Å². The summed E-state index contributed by atoms with van der Waals surface area (Å²) in [6.45, 7) is 4.63. The van der Waals surface area contributed by atoms with Gasteiger partial charge in [0.2, 0.25) is 0 Å². The Kier molecular flexibility index (Phi) is 6.05. The van der Waals surface area contributed by atoms with Crippen molar-refractivity contribution >= 4 is 17.3 Å². The third-order valence-electron chi connectivity index (χ3n) is 4.10. The fourth-order valence-electron chi connectivity index (χ4n) is 2.68. The van der Waals surface area contributed by atoms with E-state index < -0.39 is 0 Å². The number of carbonyl (C=O) groups is 1. The molecule has 0 radical (unpaired) electrons. The average molecular weight is 361 g/mol. The highest BCUT2D eigenvalue weighted by molar-refractivity contribution is 6.02. The second-order valence-corrected chi connectivity index (χ2v) is 6.12. The van der Waals surface area contributed by atoms with Crippen molar-refractivity contribution in [1.82, 2.24) is 4.98 Å². The lowest BCUT2D eigenvalue weighted by atomic mass is 10.1. The molecule has 0 aliphatic rings. The van der Waals surface area contributed by atoms with Crippen LogP contribution in [0.2, 0.25) is 0 Å². The molecule has 1 unspecified atom stereocenters. The molecule has 1 aromatic heterocycles. The first-order valence-corrected chi connectivity index (χ1v) is 8.97. The molecular weight excluding hydrogens is 338 g/mol. The largest absolute Gasteiger partial charge is 0.494 e. The fourth-order valence-corrected chi connectivity index (χ4v) is 2.68. The van der Waals surface area contributed by atoms with E-state index >= 15 is 0 Å². The number of nitrogens with one attached hydrogen (secondary N) is 2. The summed E-state index contributed by atoms with van der Waals surface area (Å²) in [6.07, 6.45) is 1.67. The zero-order valence-electron chi connectivity index (χ0n) is 15.5. The van der Waals surface area contributed by atoms with Gasteiger partial charge in [0.15, 0.2) is 0 Å². The number of hydrogen-bond donors (Lipinski definition) is 2. The number of aromatic nitrogens is 1. The summed E-state index contributed by atoms with van der Waals surface area (Å²) in [5, 5.41) is 6.22. The van der Waals surface area contributed by atoms with Crippen LogP contribution < -0.4 is 15.4 Å². The summed E-state index contributed by atoms with van der Waals surface area (Å²) in [6, 6.07) is 21.2. The summed E-state index contributed by atoms with van der Waals surface area (Å²) >= 11 is 0. The summed E-state index contributed by atoms with van der Waals surface area (Å²) < 4.78 is 5.40. The van der Waals surface area contributed by atoms with E-state index in [0.717, 1.165) is 11.4 Å². The number of hydrogen-bond acceptors (Lipinski definition) is 4. The Morgan fingerprint density at radius 1 is 1.00 bits per heavy atom. The molecule has 1 amide bonds. The molecule has 0 spiro atoms. The number of amides is 1. The topological polar surface area (TPSA) is 63.2 Å². The highest BCUT2D eigenvalue weighted by Gasteiger charge is 2.09. The van der Waals surface area contributed by atoms with Crippen molar-refractivity contribution in [3.8, 4) is 5.75 Å². The number of carbonyl (C=O) groups excluding carboxylic acids is 1. The van der Waals surface area contributed by atoms with Gasteiger partial charge < -0.3 is 15.4 Å². The lowest BCUT2D eigenvalue weighted by Gasteiger charge is -2.15. The van der Waals surface area contributed by atoms with Gasteiger partial charge in [-0.25, -0.2) is 4.98 Å². The van der Waals surface area contributed by atoms with Gasteiger partial charge in [-0.3, -0.25) is 4.79 Å². The van der Waals surface area contributed by atoms with Gasteiger partial charge in [-0.2, -0.15) is 0 Å². The molecule has 138 valence electrons. The van der Waals surface area contributed by atoms with Gasteiger partial charge in [-0.1, -0.05) is 30.3 Å². The second-order valence-electron chi connectivity index (χ2n) is 6.12. The van der Waals surface area contributed by atoms with Crippen LogP contribution in [0.4, 0.5) is 11.4 Å². The van der Waals surface area contributed by atoms with Gasteiger partial charge in [0.1, 0.15) is 11.4 Å². The zero-order valence-corrected chi connectivity index (χ0v) is 15.5. The Labute approximate surface area is 159 Å². The summed E-state index contributed by atoms with van der Waals surface area (Å²) in [5.41, 5.74) is 3.12. The quantitative estimate of drug-likeness (QED) is 0.628. The number of nitrogens with zero attached hydrogens (tertiary/aromatic N) is 1. The minimum absolute atomic E-state index is 0.150. The molecule has 5 heteroatoms. The van der Waals surface area contributed by atoms with Gasteiger partial charge in [0.05, 0.1) is 18.5 Å². The third kappa shape index (κ3) is 5.07. The second kappa shape index (κ2) is 8.85. The lowest BCUT2D eigenvalue weighted by Crippen LogP contribution is -2.14. The average Bonchev–Trinajstić information content (AvgIpc) is 2.71. The van der Waals surface area contributed by atoms with Crippen LogP contribution in [0.1, 0.15) is 35.9 Å². The van der Waals surface area contributed by atoms with Gasteiger partial charge in [-0.05, 0) is 55.8 Å². The van der Waals surface area contributed by atoms with Crippen molar-refractivity contribution in [1.29, 1.82) is 0 Å². The smallest absolute Gasteiger partial charge is 0.274 e. The van der Waals surface area contributed by atoms with E-state index in [9.17, 15) is 4.79 Å². The van der Waals surface area contributed by atoms with Crippen molar-refractivity contribution in [3.63, 3.8) is 0 Å².